The summed E-state index contributed by atoms with van der Waals surface area (Å²) in [7, 11) is 3.15. The van der Waals surface area contributed by atoms with Crippen LogP contribution in [0.1, 0.15) is 18.9 Å². The molecule has 0 aliphatic rings. The van der Waals surface area contributed by atoms with Crippen molar-refractivity contribution in [2.24, 2.45) is 0 Å². The number of ether oxygens (including phenoxy) is 4. The quantitative estimate of drug-likeness (QED) is 0.572. The maximum atomic E-state index is 9.77. The monoisotopic (exact) mass is 424 g/mol. The molecule has 1 unspecified atom stereocenters. The number of aliphatic hydroxyl groups is 1. The molecule has 0 amide bonds. The van der Waals surface area contributed by atoms with Crippen LogP contribution in [-0.2, 0) is 15.9 Å². The van der Waals surface area contributed by atoms with E-state index in [0.717, 1.165) is 21.2 Å². The van der Waals surface area contributed by atoms with Gasteiger partial charge < -0.3 is 24.1 Å². The molecule has 0 aromatic heterocycles. The van der Waals surface area contributed by atoms with Crippen molar-refractivity contribution in [2.45, 2.75) is 25.9 Å². The minimum Gasteiger partial charge on any atom is -0.467 e. The summed E-state index contributed by atoms with van der Waals surface area (Å²) in [6.45, 7) is 2.04. The average Bonchev–Trinajstić information content (AvgIpc) is 2.65. The standard InChI is InChI=1S/C20H25BrO5/c1-14(22)9-10-16-19(15-7-5-4-6-8-15)17(25-12-23-2)11-18(20(16)21)26-13-24-3/h4-8,11,14,22H,9-10,12-13H2,1-3H3. The Hall–Kier alpha value is -1.60. The highest BCUT2D eigenvalue weighted by Crippen LogP contribution is 2.44. The summed E-state index contributed by atoms with van der Waals surface area (Å²) in [5, 5.41) is 9.77. The fourth-order valence-corrected chi connectivity index (χ4v) is 3.26. The lowest BCUT2D eigenvalue weighted by Gasteiger charge is -2.20. The zero-order chi connectivity index (χ0) is 18.9. The van der Waals surface area contributed by atoms with Crippen molar-refractivity contribution in [3.8, 4) is 22.6 Å². The van der Waals surface area contributed by atoms with E-state index in [4.69, 9.17) is 18.9 Å². The van der Waals surface area contributed by atoms with Gasteiger partial charge in [-0.3, -0.25) is 0 Å². The Bertz CT molecular complexity index is 688. The van der Waals surface area contributed by atoms with E-state index in [1.54, 1.807) is 21.1 Å². The molecule has 0 aliphatic heterocycles. The first-order valence-corrected chi connectivity index (χ1v) is 9.20. The first-order valence-electron chi connectivity index (χ1n) is 8.40. The van der Waals surface area contributed by atoms with E-state index in [9.17, 15) is 5.11 Å². The molecule has 6 heteroatoms. The van der Waals surface area contributed by atoms with Gasteiger partial charge in [0.05, 0.1) is 10.6 Å². The maximum Gasteiger partial charge on any atom is 0.188 e. The molecule has 5 nitrogen and oxygen atoms in total. The predicted molar refractivity (Wildman–Crippen MR) is 105 cm³/mol. The predicted octanol–water partition coefficient (Wildman–Crippen LogP) is 4.39. The van der Waals surface area contributed by atoms with Crippen molar-refractivity contribution >= 4 is 15.9 Å². The fourth-order valence-electron chi connectivity index (χ4n) is 2.63. The van der Waals surface area contributed by atoms with Crippen molar-refractivity contribution in [3.63, 3.8) is 0 Å². The lowest BCUT2D eigenvalue weighted by molar-refractivity contribution is 0.0458. The Balaban J connectivity index is 2.60. The molecule has 0 radical (unpaired) electrons. The second-order valence-corrected chi connectivity index (χ2v) is 6.69. The van der Waals surface area contributed by atoms with Gasteiger partial charge >= 0.3 is 0 Å². The molecule has 1 atom stereocenters. The summed E-state index contributed by atoms with van der Waals surface area (Å²) in [6.07, 6.45) is 0.878. The zero-order valence-electron chi connectivity index (χ0n) is 15.3. The van der Waals surface area contributed by atoms with E-state index in [1.165, 1.54) is 0 Å². The summed E-state index contributed by atoms with van der Waals surface area (Å²) >= 11 is 3.66. The lowest BCUT2D eigenvalue weighted by Crippen LogP contribution is -2.08. The number of halogens is 1. The van der Waals surface area contributed by atoms with Crippen LogP contribution in [0.25, 0.3) is 11.1 Å². The normalized spacial score (nSPS) is 12.0. The molecule has 0 spiro atoms. The van der Waals surface area contributed by atoms with Crippen LogP contribution in [0.2, 0.25) is 0 Å². The molecule has 1 N–H and O–H groups in total. The van der Waals surface area contributed by atoms with Crippen LogP contribution in [0, 0.1) is 0 Å². The fraction of sp³-hybridized carbons (Fsp3) is 0.400. The number of hydrogen-bond donors (Lipinski definition) is 1. The van der Waals surface area contributed by atoms with Gasteiger partial charge in [-0.15, -0.1) is 0 Å². The number of benzene rings is 2. The molecule has 0 bridgehead atoms. The minimum atomic E-state index is -0.405. The number of aliphatic hydroxyl groups excluding tert-OH is 1. The van der Waals surface area contributed by atoms with Crippen LogP contribution in [0.3, 0.4) is 0 Å². The molecule has 142 valence electrons. The molecule has 0 saturated heterocycles. The van der Waals surface area contributed by atoms with E-state index >= 15 is 0 Å². The van der Waals surface area contributed by atoms with Gasteiger partial charge in [-0.1, -0.05) is 30.3 Å². The van der Waals surface area contributed by atoms with E-state index < -0.39 is 6.10 Å². The summed E-state index contributed by atoms with van der Waals surface area (Å²) in [5.74, 6) is 1.28. The molecular formula is C20H25BrO5. The average molecular weight is 425 g/mol. The van der Waals surface area contributed by atoms with Crippen LogP contribution >= 0.6 is 15.9 Å². The minimum absolute atomic E-state index is 0.126. The van der Waals surface area contributed by atoms with Crippen molar-refractivity contribution in [2.75, 3.05) is 27.8 Å². The number of methoxy groups -OCH3 is 2. The van der Waals surface area contributed by atoms with Gasteiger partial charge in [-0.2, -0.15) is 0 Å². The number of hydrogen-bond acceptors (Lipinski definition) is 5. The van der Waals surface area contributed by atoms with E-state index in [-0.39, 0.29) is 13.6 Å². The van der Waals surface area contributed by atoms with Gasteiger partial charge in [-0.05, 0) is 46.8 Å². The highest BCUT2D eigenvalue weighted by Gasteiger charge is 2.20. The van der Waals surface area contributed by atoms with Crippen LogP contribution in [0.4, 0.5) is 0 Å². The number of rotatable bonds is 10. The zero-order valence-corrected chi connectivity index (χ0v) is 16.9. The van der Waals surface area contributed by atoms with Crippen LogP contribution in [-0.4, -0.2) is 39.0 Å². The molecule has 2 aromatic rings. The van der Waals surface area contributed by atoms with Gasteiger partial charge in [-0.25, -0.2) is 0 Å². The first kappa shape index (κ1) is 20.7. The molecular weight excluding hydrogens is 400 g/mol. The van der Waals surface area contributed by atoms with Crippen molar-refractivity contribution in [3.05, 3.63) is 46.4 Å². The second kappa shape index (κ2) is 10.5. The molecule has 0 heterocycles. The Morgan fingerprint density at radius 2 is 1.62 bits per heavy atom. The summed E-state index contributed by atoms with van der Waals surface area (Å²) in [5.41, 5.74) is 3.00. The molecule has 26 heavy (non-hydrogen) atoms. The molecule has 2 aromatic carbocycles. The third-order valence-corrected chi connectivity index (χ3v) is 4.70. The van der Waals surface area contributed by atoms with Crippen molar-refractivity contribution in [1.29, 1.82) is 0 Å². The van der Waals surface area contributed by atoms with E-state index in [1.807, 2.05) is 36.4 Å². The lowest BCUT2D eigenvalue weighted by atomic mass is 9.94. The van der Waals surface area contributed by atoms with Crippen LogP contribution in [0.5, 0.6) is 11.5 Å². The summed E-state index contributed by atoms with van der Waals surface area (Å²) < 4.78 is 22.5. The Morgan fingerprint density at radius 3 is 2.19 bits per heavy atom. The Labute approximate surface area is 163 Å². The van der Waals surface area contributed by atoms with Gasteiger partial charge in [0.2, 0.25) is 0 Å². The Kier molecular flexibility index (Phi) is 8.38. The van der Waals surface area contributed by atoms with Gasteiger partial charge in [0, 0.05) is 25.8 Å². The molecule has 2 rings (SSSR count). The maximum absolute atomic E-state index is 9.77. The van der Waals surface area contributed by atoms with Crippen molar-refractivity contribution < 1.29 is 24.1 Å². The summed E-state index contributed by atoms with van der Waals surface area (Å²) in [4.78, 5) is 0. The van der Waals surface area contributed by atoms with Crippen LogP contribution in [0.15, 0.2) is 40.9 Å². The topological polar surface area (TPSA) is 57.2 Å². The summed E-state index contributed by atoms with van der Waals surface area (Å²) in [6, 6.07) is 11.8. The smallest absolute Gasteiger partial charge is 0.188 e. The SMILES string of the molecule is COCOc1cc(OCOC)c(-c2ccccc2)c(CCC(C)O)c1Br. The van der Waals surface area contributed by atoms with E-state index in [0.29, 0.717) is 24.3 Å². The molecule has 0 aliphatic carbocycles. The highest BCUT2D eigenvalue weighted by molar-refractivity contribution is 9.10. The third kappa shape index (κ3) is 5.45. The second-order valence-electron chi connectivity index (χ2n) is 5.90. The Morgan fingerprint density at radius 1 is 1.00 bits per heavy atom. The largest absolute Gasteiger partial charge is 0.467 e. The van der Waals surface area contributed by atoms with Crippen LogP contribution < -0.4 is 9.47 Å². The van der Waals surface area contributed by atoms with Gasteiger partial charge in [0.25, 0.3) is 0 Å². The highest BCUT2D eigenvalue weighted by atomic mass is 79.9. The first-order chi connectivity index (χ1) is 12.6. The third-order valence-electron chi connectivity index (χ3n) is 3.83. The van der Waals surface area contributed by atoms with Crippen molar-refractivity contribution in [1.82, 2.24) is 0 Å². The molecule has 0 saturated carbocycles. The van der Waals surface area contributed by atoms with Gasteiger partial charge in [0.15, 0.2) is 13.6 Å². The molecule has 0 fully saturated rings. The van der Waals surface area contributed by atoms with E-state index in [2.05, 4.69) is 15.9 Å². The van der Waals surface area contributed by atoms with Gasteiger partial charge in [0.1, 0.15) is 11.5 Å².